The molecule has 0 amide bonds. The number of rotatable bonds is 5. The molecule has 104 valence electrons. The highest BCUT2D eigenvalue weighted by Gasteiger charge is 2.29. The predicted molar refractivity (Wildman–Crippen MR) is 66.9 cm³/mol. The first kappa shape index (κ1) is 15.3. The van der Waals surface area contributed by atoms with Crippen LogP contribution in [0.4, 0.5) is 0 Å². The van der Waals surface area contributed by atoms with E-state index >= 15 is 0 Å². The first-order valence-corrected chi connectivity index (χ1v) is 5.55. The van der Waals surface area contributed by atoms with Gasteiger partial charge in [-0.25, -0.2) is 4.79 Å². The van der Waals surface area contributed by atoms with Crippen LogP contribution in [0.5, 0.6) is 11.5 Å². The van der Waals surface area contributed by atoms with Crippen molar-refractivity contribution in [2.24, 2.45) is 0 Å². The second-order valence-electron chi connectivity index (χ2n) is 3.47. The fraction of sp³-hybridized carbons (Fsp3) is 0.333. The molecular formula is C12H13ClO6. The Balaban J connectivity index is 3.55. The first-order chi connectivity index (χ1) is 9.01. The maximum absolute atomic E-state index is 11.4. The van der Waals surface area contributed by atoms with Crippen LogP contribution in [0.15, 0.2) is 6.07 Å². The summed E-state index contributed by atoms with van der Waals surface area (Å²) in [6.45, 7) is 0. The number of esters is 1. The number of benzene rings is 1. The lowest BCUT2D eigenvalue weighted by molar-refractivity contribution is -0.150. The van der Waals surface area contributed by atoms with Gasteiger partial charge in [0.1, 0.15) is 0 Å². The predicted octanol–water partition coefficient (Wildman–Crippen LogP) is 1.38. The number of aliphatic hydroxyl groups excluding tert-OH is 1. The van der Waals surface area contributed by atoms with E-state index in [9.17, 15) is 14.7 Å². The molecule has 6 nitrogen and oxygen atoms in total. The molecule has 0 aliphatic heterocycles. The van der Waals surface area contributed by atoms with Gasteiger partial charge in [-0.05, 0) is 6.07 Å². The Morgan fingerprint density at radius 3 is 2.32 bits per heavy atom. The van der Waals surface area contributed by atoms with Gasteiger partial charge in [-0.2, -0.15) is 0 Å². The Labute approximate surface area is 114 Å². The highest BCUT2D eigenvalue weighted by Crippen LogP contribution is 2.42. The van der Waals surface area contributed by atoms with E-state index < -0.39 is 12.1 Å². The van der Waals surface area contributed by atoms with Crippen molar-refractivity contribution in [3.8, 4) is 11.5 Å². The van der Waals surface area contributed by atoms with Gasteiger partial charge in [-0.1, -0.05) is 11.6 Å². The monoisotopic (exact) mass is 288 g/mol. The summed E-state index contributed by atoms with van der Waals surface area (Å²) in [5, 5.41) is 9.88. The van der Waals surface area contributed by atoms with E-state index in [1.807, 2.05) is 0 Å². The van der Waals surface area contributed by atoms with Crippen LogP contribution in [0.2, 0.25) is 5.02 Å². The smallest absolute Gasteiger partial charge is 0.339 e. The number of methoxy groups -OCH3 is 3. The lowest BCUT2D eigenvalue weighted by atomic mass is 10.0. The van der Waals surface area contributed by atoms with Gasteiger partial charge in [0.15, 0.2) is 23.9 Å². The molecule has 7 heteroatoms. The summed E-state index contributed by atoms with van der Waals surface area (Å²) in [4.78, 5) is 22.3. The number of aliphatic hydroxyl groups is 1. The summed E-state index contributed by atoms with van der Waals surface area (Å²) in [6.07, 6.45) is -1.11. The summed E-state index contributed by atoms with van der Waals surface area (Å²) in [7, 11) is 3.76. The van der Waals surface area contributed by atoms with Gasteiger partial charge >= 0.3 is 5.97 Å². The fourth-order valence-corrected chi connectivity index (χ4v) is 1.93. The highest BCUT2D eigenvalue weighted by atomic mass is 35.5. The Bertz CT molecular complexity index is 499. The third-order valence-electron chi connectivity index (χ3n) is 2.49. The van der Waals surface area contributed by atoms with Crippen molar-refractivity contribution in [3.63, 3.8) is 0 Å². The minimum Gasteiger partial charge on any atom is -0.492 e. The van der Waals surface area contributed by atoms with Crippen LogP contribution in [0.25, 0.3) is 0 Å². The summed E-state index contributed by atoms with van der Waals surface area (Å²) in [5.74, 6) is -0.809. The molecule has 1 aromatic rings. The third-order valence-corrected chi connectivity index (χ3v) is 2.80. The van der Waals surface area contributed by atoms with Crippen molar-refractivity contribution < 1.29 is 28.9 Å². The van der Waals surface area contributed by atoms with Gasteiger partial charge in [0.2, 0.25) is 0 Å². The molecular weight excluding hydrogens is 276 g/mol. The Kier molecular flexibility index (Phi) is 5.14. The molecule has 19 heavy (non-hydrogen) atoms. The number of hydrogen-bond donors (Lipinski definition) is 1. The molecule has 1 unspecified atom stereocenters. The summed E-state index contributed by atoms with van der Waals surface area (Å²) < 4.78 is 14.5. The first-order valence-electron chi connectivity index (χ1n) is 5.17. The molecule has 0 aromatic heterocycles. The molecule has 0 heterocycles. The van der Waals surface area contributed by atoms with Gasteiger partial charge in [-0.3, -0.25) is 4.79 Å². The van der Waals surface area contributed by atoms with Crippen LogP contribution >= 0.6 is 11.6 Å². The van der Waals surface area contributed by atoms with Crippen molar-refractivity contribution >= 4 is 23.9 Å². The minimum absolute atomic E-state index is 0.00218. The van der Waals surface area contributed by atoms with Gasteiger partial charge in [0.05, 0.1) is 37.5 Å². The maximum atomic E-state index is 11.4. The minimum atomic E-state index is -1.64. The topological polar surface area (TPSA) is 82.1 Å². The molecule has 0 radical (unpaired) electrons. The zero-order valence-electron chi connectivity index (χ0n) is 10.6. The molecule has 0 aliphatic carbocycles. The van der Waals surface area contributed by atoms with Crippen molar-refractivity contribution in [3.05, 3.63) is 22.2 Å². The van der Waals surface area contributed by atoms with Crippen molar-refractivity contribution in [1.29, 1.82) is 0 Å². The summed E-state index contributed by atoms with van der Waals surface area (Å²) in [5.41, 5.74) is 0.128. The molecule has 0 saturated heterocycles. The molecule has 0 saturated carbocycles. The number of hydrogen-bond acceptors (Lipinski definition) is 6. The highest BCUT2D eigenvalue weighted by molar-refractivity contribution is 6.32. The summed E-state index contributed by atoms with van der Waals surface area (Å²) in [6, 6.07) is 1.28. The number of carbonyl (C=O) groups excluding carboxylic acids is 2. The average Bonchev–Trinajstić information content (AvgIpc) is 2.43. The van der Waals surface area contributed by atoms with Gasteiger partial charge in [0.25, 0.3) is 0 Å². The lowest BCUT2D eigenvalue weighted by Crippen LogP contribution is -2.15. The molecule has 0 aliphatic rings. The van der Waals surface area contributed by atoms with E-state index in [0.29, 0.717) is 6.29 Å². The summed E-state index contributed by atoms with van der Waals surface area (Å²) >= 11 is 5.95. The molecule has 1 aromatic carbocycles. The molecule has 1 rings (SSSR count). The molecule has 0 spiro atoms. The van der Waals surface area contributed by atoms with E-state index in [2.05, 4.69) is 4.74 Å². The van der Waals surface area contributed by atoms with Crippen LogP contribution in [0.3, 0.4) is 0 Å². The Morgan fingerprint density at radius 2 is 1.89 bits per heavy atom. The van der Waals surface area contributed by atoms with Gasteiger partial charge < -0.3 is 19.3 Å². The Morgan fingerprint density at radius 1 is 1.32 bits per heavy atom. The van der Waals surface area contributed by atoms with Gasteiger partial charge in [-0.15, -0.1) is 0 Å². The third kappa shape index (κ3) is 2.80. The second-order valence-corrected chi connectivity index (χ2v) is 3.88. The molecule has 0 fully saturated rings. The zero-order valence-corrected chi connectivity index (χ0v) is 11.4. The fourth-order valence-electron chi connectivity index (χ4n) is 1.63. The SMILES string of the molecule is COC(=O)C(O)c1c(Cl)cc(C=O)c(OC)c1OC. The number of aldehydes is 1. The molecule has 1 N–H and O–H groups in total. The van der Waals surface area contributed by atoms with E-state index in [1.165, 1.54) is 20.3 Å². The molecule has 0 bridgehead atoms. The van der Waals surface area contributed by atoms with Crippen LogP contribution in [0, 0.1) is 0 Å². The van der Waals surface area contributed by atoms with Crippen molar-refractivity contribution in [2.45, 2.75) is 6.10 Å². The van der Waals surface area contributed by atoms with Crippen molar-refractivity contribution in [2.75, 3.05) is 21.3 Å². The maximum Gasteiger partial charge on any atom is 0.339 e. The lowest BCUT2D eigenvalue weighted by Gasteiger charge is -2.18. The zero-order chi connectivity index (χ0) is 14.6. The van der Waals surface area contributed by atoms with Crippen molar-refractivity contribution in [1.82, 2.24) is 0 Å². The molecule has 1 atom stereocenters. The average molecular weight is 289 g/mol. The number of ether oxygens (including phenoxy) is 3. The van der Waals surface area contributed by atoms with E-state index in [1.54, 1.807) is 0 Å². The number of carbonyl (C=O) groups is 2. The van der Waals surface area contributed by atoms with Crippen LogP contribution < -0.4 is 9.47 Å². The quantitative estimate of drug-likeness (QED) is 0.651. The number of halogens is 1. The van der Waals surface area contributed by atoms with Crippen LogP contribution in [0.1, 0.15) is 22.0 Å². The standard InChI is InChI=1S/C12H13ClO6/c1-17-10-6(5-14)4-7(13)8(11(10)18-2)9(15)12(16)19-3/h4-5,9,15H,1-3H3. The van der Waals surface area contributed by atoms with Crippen LogP contribution in [-0.4, -0.2) is 38.7 Å². The Hall–Kier alpha value is -1.79. The largest absolute Gasteiger partial charge is 0.492 e. The van der Waals surface area contributed by atoms with E-state index in [-0.39, 0.29) is 27.6 Å². The second kappa shape index (κ2) is 6.40. The van der Waals surface area contributed by atoms with E-state index in [4.69, 9.17) is 21.1 Å². The van der Waals surface area contributed by atoms with Crippen LogP contribution in [-0.2, 0) is 9.53 Å². The normalized spacial score (nSPS) is 11.6. The van der Waals surface area contributed by atoms with Gasteiger partial charge in [0, 0.05) is 0 Å². The van der Waals surface area contributed by atoms with E-state index in [0.717, 1.165) is 7.11 Å².